The van der Waals surface area contributed by atoms with Crippen molar-refractivity contribution in [1.82, 2.24) is 38.6 Å². The summed E-state index contributed by atoms with van der Waals surface area (Å²) in [4.78, 5) is 40.8. The molecule has 208 valence electrons. The van der Waals surface area contributed by atoms with Gasteiger partial charge in [0.1, 0.15) is 23.5 Å². The third-order valence-electron chi connectivity index (χ3n) is 6.44. The molecule has 0 aliphatic carbocycles. The van der Waals surface area contributed by atoms with Crippen LogP contribution in [-0.2, 0) is 13.6 Å². The zero-order valence-corrected chi connectivity index (χ0v) is 23.1. The second-order valence-electron chi connectivity index (χ2n) is 9.68. The van der Waals surface area contributed by atoms with Crippen LogP contribution in [-0.4, -0.2) is 65.0 Å². The van der Waals surface area contributed by atoms with Crippen LogP contribution in [0.4, 0.5) is 14.5 Å². The predicted octanol–water partition coefficient (Wildman–Crippen LogP) is 3.94. The van der Waals surface area contributed by atoms with Gasteiger partial charge in [-0.25, -0.2) is 23.7 Å². The highest BCUT2D eigenvalue weighted by molar-refractivity contribution is 6.29. The van der Waals surface area contributed by atoms with Gasteiger partial charge in [0, 0.05) is 21.1 Å². The number of carbonyl (C=O) groups excluding carboxylic acids is 1. The quantitative estimate of drug-likeness (QED) is 0.295. The predicted molar refractivity (Wildman–Crippen MR) is 147 cm³/mol. The molecule has 1 N–H and O–H groups in total. The average molecular weight is 570 g/mol. The van der Waals surface area contributed by atoms with Crippen LogP contribution in [0, 0.1) is 6.92 Å². The lowest BCUT2D eigenvalue weighted by molar-refractivity contribution is 0.0822. The van der Waals surface area contributed by atoms with Gasteiger partial charge >= 0.3 is 0 Å². The molecule has 1 atom stereocenters. The van der Waals surface area contributed by atoms with Crippen LogP contribution >= 0.6 is 11.6 Å². The monoisotopic (exact) mass is 569 g/mol. The number of hydrogen-bond donors (Lipinski definition) is 1. The van der Waals surface area contributed by atoms with Crippen molar-refractivity contribution in [2.45, 2.75) is 32.9 Å². The molecule has 14 heteroatoms. The SMILES string of the molecule is Cc1cc(C(C)Nc2ccc(Cl)nc2-c2ncn(C)n2)c2c(c1)c(=O)n(CC(F)F)c1c(C(=O)N(C)C)ncn21. The number of rotatable bonds is 7. The lowest BCUT2D eigenvalue weighted by Crippen LogP contribution is -2.29. The number of aromatic nitrogens is 7. The number of hydrogen-bond acceptors (Lipinski definition) is 7. The van der Waals surface area contributed by atoms with Gasteiger partial charge in [0.25, 0.3) is 17.9 Å². The molecular formula is C26H26ClF2N9O2. The number of benzene rings is 1. The van der Waals surface area contributed by atoms with Crippen LogP contribution in [0.5, 0.6) is 0 Å². The summed E-state index contributed by atoms with van der Waals surface area (Å²) < 4.78 is 31.3. The Morgan fingerprint density at radius 3 is 2.58 bits per heavy atom. The number of aryl methyl sites for hydroxylation is 2. The first-order valence-electron chi connectivity index (χ1n) is 12.3. The van der Waals surface area contributed by atoms with Gasteiger partial charge in [-0.3, -0.25) is 23.2 Å². The first kappa shape index (κ1) is 27.2. The molecule has 1 amide bonds. The number of amides is 1. The minimum atomic E-state index is -2.82. The highest BCUT2D eigenvalue weighted by Crippen LogP contribution is 2.32. The van der Waals surface area contributed by atoms with E-state index in [9.17, 15) is 18.4 Å². The molecule has 4 aromatic heterocycles. The standard InChI is InChI=1S/C26H26ClF2N9O2/c1-13-8-15(14(2)32-17-6-7-18(27)33-20(17)23-31-11-36(5)34-23)22-16(9-13)25(39)37(10-19(28)29)24-21(26(40)35(3)4)30-12-38(22)24/h6-9,11-12,14,19,32H,10H2,1-5H3. The molecule has 0 spiro atoms. The number of nitrogens with zero attached hydrogens (tertiary/aromatic N) is 8. The van der Waals surface area contributed by atoms with Crippen molar-refractivity contribution >= 4 is 39.7 Å². The van der Waals surface area contributed by atoms with Gasteiger partial charge in [-0.15, -0.1) is 5.10 Å². The molecule has 1 unspecified atom stereocenters. The van der Waals surface area contributed by atoms with Crippen LogP contribution in [0.15, 0.2) is 41.7 Å². The van der Waals surface area contributed by atoms with E-state index in [0.29, 0.717) is 28.3 Å². The van der Waals surface area contributed by atoms with E-state index in [1.165, 1.54) is 29.7 Å². The molecule has 0 saturated carbocycles. The van der Waals surface area contributed by atoms with Crippen molar-refractivity contribution in [1.29, 1.82) is 0 Å². The number of imidazole rings is 1. The Labute approximate surface area is 232 Å². The molecular weight excluding hydrogens is 544 g/mol. The highest BCUT2D eigenvalue weighted by Gasteiger charge is 2.26. The summed E-state index contributed by atoms with van der Waals surface area (Å²) in [5.74, 6) is -0.142. The fourth-order valence-corrected chi connectivity index (χ4v) is 4.87. The summed E-state index contributed by atoms with van der Waals surface area (Å²) in [5, 5.41) is 8.23. The molecule has 0 bridgehead atoms. The molecule has 11 nitrogen and oxygen atoms in total. The molecule has 1 aromatic carbocycles. The van der Waals surface area contributed by atoms with E-state index >= 15 is 0 Å². The molecule has 0 saturated heterocycles. The summed E-state index contributed by atoms with van der Waals surface area (Å²) >= 11 is 6.18. The minimum Gasteiger partial charge on any atom is -0.377 e. The number of pyridine rings is 1. The molecule has 0 aliphatic heterocycles. The van der Waals surface area contributed by atoms with E-state index in [1.807, 2.05) is 19.9 Å². The largest absolute Gasteiger partial charge is 0.377 e. The number of anilines is 1. The number of nitrogens with one attached hydrogen (secondary N) is 1. The lowest BCUT2D eigenvalue weighted by atomic mass is 10.0. The molecule has 0 fully saturated rings. The van der Waals surface area contributed by atoms with Crippen LogP contribution in [0.2, 0.25) is 5.15 Å². The zero-order chi connectivity index (χ0) is 28.9. The smallest absolute Gasteiger partial charge is 0.275 e. The van der Waals surface area contributed by atoms with Crippen molar-refractivity contribution < 1.29 is 13.6 Å². The van der Waals surface area contributed by atoms with E-state index in [1.54, 1.807) is 36.3 Å². The maximum absolute atomic E-state index is 13.7. The van der Waals surface area contributed by atoms with E-state index in [4.69, 9.17) is 11.6 Å². The zero-order valence-electron chi connectivity index (χ0n) is 22.4. The Hall–Kier alpha value is -4.39. The molecule has 5 rings (SSSR count). The molecule has 0 aliphatic rings. The fraction of sp³-hybridized carbons (Fsp3) is 0.308. The number of carbonyl (C=O) groups is 1. The van der Waals surface area contributed by atoms with Crippen molar-refractivity contribution in [3.8, 4) is 11.5 Å². The normalized spacial score (nSPS) is 12.4. The number of halogens is 3. The van der Waals surface area contributed by atoms with Gasteiger partial charge in [0.05, 0.1) is 29.2 Å². The first-order valence-corrected chi connectivity index (χ1v) is 12.7. The topological polar surface area (TPSA) is 115 Å². The summed E-state index contributed by atoms with van der Waals surface area (Å²) in [7, 11) is 4.79. The summed E-state index contributed by atoms with van der Waals surface area (Å²) in [5.41, 5.74) is 2.17. The van der Waals surface area contributed by atoms with Crippen LogP contribution < -0.4 is 10.9 Å². The molecule has 40 heavy (non-hydrogen) atoms. The average Bonchev–Trinajstić information content (AvgIpc) is 3.53. The third kappa shape index (κ3) is 4.76. The Morgan fingerprint density at radius 1 is 1.18 bits per heavy atom. The van der Waals surface area contributed by atoms with Gasteiger partial charge in [-0.05, 0) is 43.2 Å². The molecule has 4 heterocycles. The van der Waals surface area contributed by atoms with Gasteiger partial charge < -0.3 is 10.2 Å². The summed E-state index contributed by atoms with van der Waals surface area (Å²) in [6.07, 6.45) is 0.109. The number of fused-ring (bicyclic) bond motifs is 3. The van der Waals surface area contributed by atoms with Gasteiger partial charge in [0.15, 0.2) is 11.3 Å². The van der Waals surface area contributed by atoms with Crippen molar-refractivity contribution in [2.75, 3.05) is 19.4 Å². The maximum Gasteiger partial charge on any atom is 0.275 e. The summed E-state index contributed by atoms with van der Waals surface area (Å²) in [6.45, 7) is 2.82. The maximum atomic E-state index is 13.7. The van der Waals surface area contributed by atoms with Gasteiger partial charge in [0.2, 0.25) is 5.82 Å². The van der Waals surface area contributed by atoms with Crippen LogP contribution in [0.25, 0.3) is 28.1 Å². The summed E-state index contributed by atoms with van der Waals surface area (Å²) in [6, 6.07) is 6.50. The Balaban J connectivity index is 1.74. The van der Waals surface area contributed by atoms with Crippen LogP contribution in [0.3, 0.4) is 0 Å². The van der Waals surface area contributed by atoms with Crippen molar-refractivity contribution in [3.63, 3.8) is 0 Å². The third-order valence-corrected chi connectivity index (χ3v) is 6.65. The Kier molecular flexibility index (Phi) is 7.00. The Morgan fingerprint density at radius 2 is 1.93 bits per heavy atom. The molecule has 5 aromatic rings. The van der Waals surface area contributed by atoms with Crippen molar-refractivity contribution in [2.24, 2.45) is 7.05 Å². The highest BCUT2D eigenvalue weighted by atomic mass is 35.5. The first-order chi connectivity index (χ1) is 19.0. The van der Waals surface area contributed by atoms with Crippen LogP contribution in [0.1, 0.15) is 34.6 Å². The second-order valence-corrected chi connectivity index (χ2v) is 10.1. The Bertz CT molecular complexity index is 1830. The minimum absolute atomic E-state index is 0.000312. The van der Waals surface area contributed by atoms with Crippen molar-refractivity contribution in [3.05, 3.63) is 69.2 Å². The fourth-order valence-electron chi connectivity index (χ4n) is 4.72. The number of alkyl halides is 2. The molecule has 0 radical (unpaired) electrons. The van der Waals surface area contributed by atoms with Gasteiger partial charge in [-0.2, -0.15) is 0 Å². The van der Waals surface area contributed by atoms with E-state index in [0.717, 1.165) is 10.1 Å². The van der Waals surface area contributed by atoms with E-state index in [-0.39, 0.29) is 21.9 Å². The van der Waals surface area contributed by atoms with Gasteiger partial charge in [-0.1, -0.05) is 17.7 Å². The van der Waals surface area contributed by atoms with E-state index in [2.05, 4.69) is 25.4 Å². The second kappa shape index (κ2) is 10.3. The lowest BCUT2D eigenvalue weighted by Gasteiger charge is -2.21. The van der Waals surface area contributed by atoms with E-state index < -0.39 is 30.5 Å².